The molecule has 1 aromatic carbocycles. The summed E-state index contributed by atoms with van der Waals surface area (Å²) in [5, 5.41) is 11.7. The van der Waals surface area contributed by atoms with Gasteiger partial charge < -0.3 is 10.9 Å². The van der Waals surface area contributed by atoms with E-state index in [4.69, 9.17) is 10.9 Å². The highest BCUT2D eigenvalue weighted by atomic mass is 32.2. The van der Waals surface area contributed by atoms with Crippen molar-refractivity contribution in [3.63, 3.8) is 0 Å². The van der Waals surface area contributed by atoms with Crippen molar-refractivity contribution in [3.8, 4) is 0 Å². The third-order valence-corrected chi connectivity index (χ3v) is 5.38. The van der Waals surface area contributed by atoms with E-state index in [-0.39, 0.29) is 11.6 Å². The first-order valence-corrected chi connectivity index (χ1v) is 8.16. The summed E-state index contributed by atoms with van der Waals surface area (Å²) >= 11 is 0. The molecule has 1 fully saturated rings. The lowest BCUT2D eigenvalue weighted by atomic mass is 10.2. The van der Waals surface area contributed by atoms with Gasteiger partial charge in [0.05, 0.1) is 11.8 Å². The molecule has 0 radical (unpaired) electrons. The summed E-state index contributed by atoms with van der Waals surface area (Å²) in [7, 11) is -3.40. The lowest BCUT2D eigenvalue weighted by molar-refractivity contribution is 0.311. The second-order valence-corrected chi connectivity index (χ2v) is 6.89. The van der Waals surface area contributed by atoms with Crippen molar-refractivity contribution >= 4 is 15.9 Å². The smallest absolute Gasteiger partial charge is 0.215 e. The molecule has 110 valence electrons. The summed E-state index contributed by atoms with van der Waals surface area (Å²) in [5.41, 5.74) is 6.55. The molecule has 0 spiro atoms. The highest BCUT2D eigenvalue weighted by Gasteiger charge is 2.36. The largest absolute Gasteiger partial charge is 0.409 e. The summed E-state index contributed by atoms with van der Waals surface area (Å²) < 4.78 is 26.1. The Labute approximate surface area is 118 Å². The monoisotopic (exact) mass is 297 g/mol. The second-order valence-electron chi connectivity index (χ2n) is 4.85. The van der Waals surface area contributed by atoms with E-state index in [9.17, 15) is 8.42 Å². The van der Waals surface area contributed by atoms with Crippen LogP contribution in [-0.4, -0.2) is 42.1 Å². The molecular formula is C13H19N3O3S. The number of benzene rings is 1. The van der Waals surface area contributed by atoms with Crippen molar-refractivity contribution in [2.24, 2.45) is 10.9 Å². The Morgan fingerprint density at radius 2 is 2.10 bits per heavy atom. The van der Waals surface area contributed by atoms with Gasteiger partial charge in [-0.3, -0.25) is 0 Å². The number of sulfonamides is 1. The number of hydrogen-bond acceptors (Lipinski definition) is 4. The Balaban J connectivity index is 2.06. The molecule has 1 heterocycles. The molecule has 3 N–H and O–H groups in total. The lowest BCUT2D eigenvalue weighted by Gasteiger charge is -2.22. The van der Waals surface area contributed by atoms with Gasteiger partial charge in [0, 0.05) is 6.54 Å². The molecule has 1 aromatic rings. The fraction of sp³-hybridized carbons (Fsp3) is 0.462. The second kappa shape index (κ2) is 6.23. The highest BCUT2D eigenvalue weighted by Crippen LogP contribution is 2.22. The van der Waals surface area contributed by atoms with Crippen LogP contribution in [0.1, 0.15) is 18.4 Å². The molecule has 1 aliphatic heterocycles. The van der Waals surface area contributed by atoms with E-state index in [0.29, 0.717) is 19.4 Å². The maximum absolute atomic E-state index is 12.4. The predicted octanol–water partition coefficient (Wildman–Crippen LogP) is 0.770. The van der Waals surface area contributed by atoms with Crippen molar-refractivity contribution < 1.29 is 13.6 Å². The maximum Gasteiger partial charge on any atom is 0.215 e. The lowest BCUT2D eigenvalue weighted by Crippen LogP contribution is -2.44. The van der Waals surface area contributed by atoms with Crippen LogP contribution in [0.2, 0.25) is 0 Å². The molecule has 1 atom stereocenters. The van der Waals surface area contributed by atoms with Gasteiger partial charge in [0.2, 0.25) is 10.0 Å². The summed E-state index contributed by atoms with van der Waals surface area (Å²) in [5.74, 6) is -0.00236. The normalized spacial score (nSPS) is 21.2. The third kappa shape index (κ3) is 3.29. The van der Waals surface area contributed by atoms with Gasteiger partial charge in [-0.2, -0.15) is 4.31 Å². The Bertz CT molecular complexity index is 572. The van der Waals surface area contributed by atoms with E-state index in [1.807, 2.05) is 30.3 Å². The van der Waals surface area contributed by atoms with Crippen LogP contribution in [0.25, 0.3) is 0 Å². The molecule has 0 aromatic heterocycles. The van der Waals surface area contributed by atoms with Gasteiger partial charge in [-0.05, 0) is 24.8 Å². The minimum atomic E-state index is -3.40. The summed E-state index contributed by atoms with van der Waals surface area (Å²) in [6.45, 7) is 0.429. The molecule has 1 saturated heterocycles. The van der Waals surface area contributed by atoms with Crippen molar-refractivity contribution in [2.45, 2.75) is 25.3 Å². The molecule has 7 heteroatoms. The van der Waals surface area contributed by atoms with E-state index in [0.717, 1.165) is 12.0 Å². The van der Waals surface area contributed by atoms with Crippen molar-refractivity contribution in [2.75, 3.05) is 12.3 Å². The van der Waals surface area contributed by atoms with E-state index < -0.39 is 16.1 Å². The minimum Gasteiger partial charge on any atom is -0.409 e. The standard InChI is InChI=1S/C13H19N3O3S/c14-13(15-17)12-7-4-9-16(12)20(18,19)10-8-11-5-2-1-3-6-11/h1-3,5-6,12,17H,4,7-10H2,(H2,14,15). The van der Waals surface area contributed by atoms with Crippen LogP contribution in [-0.2, 0) is 16.4 Å². The number of aryl methyl sites for hydroxylation is 1. The Kier molecular flexibility index (Phi) is 4.61. The number of nitrogens with zero attached hydrogens (tertiary/aromatic N) is 2. The van der Waals surface area contributed by atoms with Crippen LogP contribution in [0.15, 0.2) is 35.5 Å². The van der Waals surface area contributed by atoms with Gasteiger partial charge >= 0.3 is 0 Å². The number of amidine groups is 1. The molecule has 6 nitrogen and oxygen atoms in total. The fourth-order valence-corrected chi connectivity index (χ4v) is 4.18. The molecule has 0 saturated carbocycles. The van der Waals surface area contributed by atoms with Gasteiger partial charge in [0.1, 0.15) is 0 Å². The van der Waals surface area contributed by atoms with Gasteiger partial charge in [0.25, 0.3) is 0 Å². The van der Waals surface area contributed by atoms with Crippen LogP contribution < -0.4 is 5.73 Å². The number of oxime groups is 1. The van der Waals surface area contributed by atoms with Gasteiger partial charge in [0.15, 0.2) is 5.84 Å². The predicted molar refractivity (Wildman–Crippen MR) is 77.1 cm³/mol. The molecule has 0 amide bonds. The quantitative estimate of drug-likeness (QED) is 0.363. The Hall–Kier alpha value is -1.60. The molecule has 2 rings (SSSR count). The zero-order valence-corrected chi connectivity index (χ0v) is 12.0. The number of rotatable bonds is 5. The topological polar surface area (TPSA) is 96.0 Å². The average molecular weight is 297 g/mol. The van der Waals surface area contributed by atoms with Gasteiger partial charge in [-0.25, -0.2) is 8.42 Å². The van der Waals surface area contributed by atoms with Crippen LogP contribution in [0.4, 0.5) is 0 Å². The third-order valence-electron chi connectivity index (χ3n) is 3.51. The Morgan fingerprint density at radius 1 is 1.40 bits per heavy atom. The van der Waals surface area contributed by atoms with Crippen molar-refractivity contribution in [3.05, 3.63) is 35.9 Å². The van der Waals surface area contributed by atoms with E-state index in [2.05, 4.69) is 5.16 Å². The molecular weight excluding hydrogens is 278 g/mol. The minimum absolute atomic E-state index is 0.0340. The zero-order chi connectivity index (χ0) is 14.6. The summed E-state index contributed by atoms with van der Waals surface area (Å²) in [6, 6.07) is 8.96. The number of hydrogen-bond donors (Lipinski definition) is 2. The van der Waals surface area contributed by atoms with E-state index in [1.54, 1.807) is 0 Å². The van der Waals surface area contributed by atoms with Crippen LogP contribution in [0.5, 0.6) is 0 Å². The molecule has 0 bridgehead atoms. The summed E-state index contributed by atoms with van der Waals surface area (Å²) in [6.07, 6.45) is 1.79. The van der Waals surface area contributed by atoms with Crippen molar-refractivity contribution in [1.82, 2.24) is 4.31 Å². The van der Waals surface area contributed by atoms with Crippen LogP contribution >= 0.6 is 0 Å². The zero-order valence-electron chi connectivity index (χ0n) is 11.1. The maximum atomic E-state index is 12.4. The van der Waals surface area contributed by atoms with E-state index in [1.165, 1.54) is 4.31 Å². The van der Waals surface area contributed by atoms with Crippen LogP contribution in [0, 0.1) is 0 Å². The van der Waals surface area contributed by atoms with Gasteiger partial charge in [-0.1, -0.05) is 35.5 Å². The molecule has 20 heavy (non-hydrogen) atoms. The van der Waals surface area contributed by atoms with Crippen molar-refractivity contribution in [1.29, 1.82) is 0 Å². The molecule has 1 aliphatic rings. The first kappa shape index (κ1) is 14.8. The fourth-order valence-electron chi connectivity index (χ4n) is 2.44. The number of nitrogens with two attached hydrogens (primary N) is 1. The molecule has 0 aliphatic carbocycles. The average Bonchev–Trinajstić information content (AvgIpc) is 2.96. The van der Waals surface area contributed by atoms with E-state index >= 15 is 0 Å². The first-order valence-electron chi connectivity index (χ1n) is 6.55. The van der Waals surface area contributed by atoms with Gasteiger partial charge in [-0.15, -0.1) is 0 Å². The molecule has 1 unspecified atom stereocenters. The van der Waals surface area contributed by atoms with Crippen LogP contribution in [0.3, 0.4) is 0 Å². The Morgan fingerprint density at radius 3 is 2.75 bits per heavy atom. The highest BCUT2D eigenvalue weighted by molar-refractivity contribution is 7.89. The SMILES string of the molecule is N/C(=N/O)C1CCCN1S(=O)(=O)CCc1ccccc1. The summed E-state index contributed by atoms with van der Waals surface area (Å²) in [4.78, 5) is 0. The first-order chi connectivity index (χ1) is 9.54.